The molecule has 0 aromatic carbocycles. The van der Waals surface area contributed by atoms with E-state index in [0.29, 0.717) is 6.04 Å². The lowest BCUT2D eigenvalue weighted by Gasteiger charge is -2.16. The Hall–Kier alpha value is -0.0800. The van der Waals surface area contributed by atoms with Gasteiger partial charge in [0.05, 0.1) is 0 Å². The summed E-state index contributed by atoms with van der Waals surface area (Å²) in [6.45, 7) is 10.3. The van der Waals surface area contributed by atoms with Crippen LogP contribution in [0.2, 0.25) is 0 Å². The van der Waals surface area contributed by atoms with Crippen molar-refractivity contribution in [3.8, 4) is 0 Å². The molecule has 0 aliphatic carbocycles. The molecule has 0 spiro atoms. The molecule has 0 fully saturated rings. The molecular formula is C12H28N2. The zero-order chi connectivity index (χ0) is 10.8. The molecule has 2 nitrogen and oxygen atoms in total. The Morgan fingerprint density at radius 2 is 1.71 bits per heavy atom. The second-order valence-electron chi connectivity index (χ2n) is 4.47. The van der Waals surface area contributed by atoms with Crippen LogP contribution >= 0.6 is 0 Å². The SMILES string of the molecule is CCCCCN(C)CCCNC(C)C. The fraction of sp³-hybridized carbons (Fsp3) is 1.00. The summed E-state index contributed by atoms with van der Waals surface area (Å²) < 4.78 is 0. The summed E-state index contributed by atoms with van der Waals surface area (Å²) in [5.41, 5.74) is 0. The summed E-state index contributed by atoms with van der Waals surface area (Å²) in [5.74, 6) is 0. The van der Waals surface area contributed by atoms with Gasteiger partial charge in [0.1, 0.15) is 0 Å². The minimum Gasteiger partial charge on any atom is -0.314 e. The fourth-order valence-electron chi connectivity index (χ4n) is 1.48. The summed E-state index contributed by atoms with van der Waals surface area (Å²) in [6, 6.07) is 0.625. The highest BCUT2D eigenvalue weighted by molar-refractivity contribution is 4.56. The molecule has 14 heavy (non-hydrogen) atoms. The van der Waals surface area contributed by atoms with E-state index < -0.39 is 0 Å². The molecule has 0 unspecified atom stereocenters. The van der Waals surface area contributed by atoms with E-state index in [0.717, 1.165) is 6.54 Å². The van der Waals surface area contributed by atoms with Crippen molar-refractivity contribution in [2.24, 2.45) is 0 Å². The number of hydrogen-bond donors (Lipinski definition) is 1. The zero-order valence-electron chi connectivity index (χ0n) is 10.5. The van der Waals surface area contributed by atoms with Crippen LogP contribution in [0.4, 0.5) is 0 Å². The first-order valence-electron chi connectivity index (χ1n) is 6.08. The molecule has 0 amide bonds. The Morgan fingerprint density at radius 3 is 2.29 bits per heavy atom. The van der Waals surface area contributed by atoms with Gasteiger partial charge in [0.15, 0.2) is 0 Å². The van der Waals surface area contributed by atoms with Crippen LogP contribution in [0.5, 0.6) is 0 Å². The number of nitrogens with zero attached hydrogens (tertiary/aromatic N) is 1. The fourth-order valence-corrected chi connectivity index (χ4v) is 1.48. The van der Waals surface area contributed by atoms with Crippen molar-refractivity contribution in [2.75, 3.05) is 26.7 Å². The smallest absolute Gasteiger partial charge is 0.00103 e. The van der Waals surface area contributed by atoms with Crippen molar-refractivity contribution in [1.82, 2.24) is 10.2 Å². The Balaban J connectivity index is 3.14. The highest BCUT2D eigenvalue weighted by Gasteiger charge is 1.97. The van der Waals surface area contributed by atoms with Gasteiger partial charge < -0.3 is 10.2 Å². The zero-order valence-corrected chi connectivity index (χ0v) is 10.5. The summed E-state index contributed by atoms with van der Waals surface area (Å²) in [4.78, 5) is 2.44. The lowest BCUT2D eigenvalue weighted by molar-refractivity contribution is 0.317. The third-order valence-electron chi connectivity index (χ3n) is 2.41. The van der Waals surface area contributed by atoms with Crippen LogP contribution < -0.4 is 5.32 Å². The lowest BCUT2D eigenvalue weighted by Crippen LogP contribution is -2.28. The van der Waals surface area contributed by atoms with Crippen LogP contribution in [0.1, 0.15) is 46.5 Å². The molecule has 0 bridgehead atoms. The first-order chi connectivity index (χ1) is 6.66. The summed E-state index contributed by atoms with van der Waals surface area (Å²) >= 11 is 0. The second kappa shape index (κ2) is 9.47. The first kappa shape index (κ1) is 13.9. The predicted molar refractivity (Wildman–Crippen MR) is 64.8 cm³/mol. The van der Waals surface area contributed by atoms with Gasteiger partial charge in [-0.2, -0.15) is 0 Å². The Bertz CT molecular complexity index is 113. The van der Waals surface area contributed by atoms with E-state index in [4.69, 9.17) is 0 Å². The Morgan fingerprint density at radius 1 is 1.07 bits per heavy atom. The molecule has 0 radical (unpaired) electrons. The second-order valence-corrected chi connectivity index (χ2v) is 4.47. The molecule has 1 N–H and O–H groups in total. The highest BCUT2D eigenvalue weighted by Crippen LogP contribution is 1.96. The monoisotopic (exact) mass is 200 g/mol. The van der Waals surface area contributed by atoms with E-state index in [1.807, 2.05) is 0 Å². The van der Waals surface area contributed by atoms with Crippen LogP contribution in [-0.2, 0) is 0 Å². The van der Waals surface area contributed by atoms with Gasteiger partial charge in [-0.05, 0) is 39.5 Å². The molecular weight excluding hydrogens is 172 g/mol. The Labute approximate surface area is 90.1 Å². The quantitative estimate of drug-likeness (QED) is 0.575. The molecule has 0 aromatic heterocycles. The van der Waals surface area contributed by atoms with E-state index in [9.17, 15) is 0 Å². The largest absolute Gasteiger partial charge is 0.314 e. The van der Waals surface area contributed by atoms with Gasteiger partial charge in [-0.25, -0.2) is 0 Å². The van der Waals surface area contributed by atoms with Crippen molar-refractivity contribution in [3.63, 3.8) is 0 Å². The number of unbranched alkanes of at least 4 members (excludes halogenated alkanes) is 2. The van der Waals surface area contributed by atoms with Gasteiger partial charge in [-0.3, -0.25) is 0 Å². The standard InChI is InChI=1S/C12H28N2/c1-5-6-7-10-14(4)11-8-9-13-12(2)3/h12-13H,5-11H2,1-4H3. The van der Waals surface area contributed by atoms with Crippen LogP contribution in [0.15, 0.2) is 0 Å². The average molecular weight is 200 g/mol. The van der Waals surface area contributed by atoms with Crippen molar-refractivity contribution in [3.05, 3.63) is 0 Å². The van der Waals surface area contributed by atoms with Crippen LogP contribution in [0, 0.1) is 0 Å². The van der Waals surface area contributed by atoms with Crippen LogP contribution in [-0.4, -0.2) is 37.6 Å². The maximum absolute atomic E-state index is 3.44. The molecule has 0 aromatic rings. The molecule has 0 saturated heterocycles. The lowest BCUT2D eigenvalue weighted by atomic mass is 10.2. The normalized spacial score (nSPS) is 11.6. The number of rotatable bonds is 9. The number of hydrogen-bond acceptors (Lipinski definition) is 2. The maximum atomic E-state index is 3.44. The topological polar surface area (TPSA) is 15.3 Å². The van der Waals surface area contributed by atoms with E-state index in [-0.39, 0.29) is 0 Å². The molecule has 0 aliphatic rings. The summed E-state index contributed by atoms with van der Waals surface area (Å²) in [7, 11) is 2.23. The van der Waals surface area contributed by atoms with Crippen LogP contribution in [0.25, 0.3) is 0 Å². The van der Waals surface area contributed by atoms with Gasteiger partial charge in [-0.15, -0.1) is 0 Å². The van der Waals surface area contributed by atoms with E-state index in [1.54, 1.807) is 0 Å². The Kier molecular flexibility index (Phi) is 9.42. The van der Waals surface area contributed by atoms with E-state index in [2.05, 4.69) is 38.0 Å². The van der Waals surface area contributed by atoms with Gasteiger partial charge in [0.25, 0.3) is 0 Å². The minimum atomic E-state index is 0.625. The maximum Gasteiger partial charge on any atom is 0.00103 e. The van der Waals surface area contributed by atoms with Gasteiger partial charge in [-0.1, -0.05) is 33.6 Å². The van der Waals surface area contributed by atoms with Crippen molar-refractivity contribution in [2.45, 2.75) is 52.5 Å². The molecule has 0 saturated carbocycles. The molecule has 0 heterocycles. The predicted octanol–water partition coefficient (Wildman–Crippen LogP) is 2.50. The molecule has 0 aliphatic heterocycles. The van der Waals surface area contributed by atoms with Gasteiger partial charge in [0.2, 0.25) is 0 Å². The highest BCUT2D eigenvalue weighted by atomic mass is 15.1. The van der Waals surface area contributed by atoms with E-state index >= 15 is 0 Å². The molecule has 86 valence electrons. The molecule has 0 rings (SSSR count). The summed E-state index contributed by atoms with van der Waals surface area (Å²) in [6.07, 6.45) is 5.31. The van der Waals surface area contributed by atoms with Crippen molar-refractivity contribution < 1.29 is 0 Å². The van der Waals surface area contributed by atoms with Gasteiger partial charge >= 0.3 is 0 Å². The third kappa shape index (κ3) is 10.0. The third-order valence-corrected chi connectivity index (χ3v) is 2.41. The van der Waals surface area contributed by atoms with Crippen molar-refractivity contribution >= 4 is 0 Å². The number of nitrogens with one attached hydrogen (secondary N) is 1. The first-order valence-corrected chi connectivity index (χ1v) is 6.08. The average Bonchev–Trinajstić information content (AvgIpc) is 2.13. The van der Waals surface area contributed by atoms with Gasteiger partial charge in [0, 0.05) is 6.04 Å². The molecule has 0 atom stereocenters. The van der Waals surface area contributed by atoms with Crippen LogP contribution in [0.3, 0.4) is 0 Å². The summed E-state index contributed by atoms with van der Waals surface area (Å²) in [5, 5.41) is 3.44. The van der Waals surface area contributed by atoms with Crippen molar-refractivity contribution in [1.29, 1.82) is 0 Å². The molecule has 2 heteroatoms. The minimum absolute atomic E-state index is 0.625. The van der Waals surface area contributed by atoms with E-state index in [1.165, 1.54) is 38.8 Å².